The summed E-state index contributed by atoms with van der Waals surface area (Å²) in [6.07, 6.45) is 0.929. The summed E-state index contributed by atoms with van der Waals surface area (Å²) in [6, 6.07) is 32.3. The highest BCUT2D eigenvalue weighted by atomic mass is 32.2. The lowest BCUT2D eigenvalue weighted by molar-refractivity contribution is 0.399. The molecule has 0 aliphatic carbocycles. The molecule has 0 atom stereocenters. The molecule has 6 nitrogen and oxygen atoms in total. The second-order valence-corrected chi connectivity index (χ2v) is 11.6. The zero-order valence-electron chi connectivity index (χ0n) is 22.9. The summed E-state index contributed by atoms with van der Waals surface area (Å²) >= 11 is 0. The fourth-order valence-electron chi connectivity index (χ4n) is 4.69. The van der Waals surface area contributed by atoms with E-state index >= 15 is 0 Å². The van der Waals surface area contributed by atoms with Crippen LogP contribution in [-0.4, -0.2) is 25.0 Å². The van der Waals surface area contributed by atoms with Crippen molar-refractivity contribution >= 4 is 10.0 Å². The minimum atomic E-state index is -3.82. The predicted molar refractivity (Wildman–Crippen MR) is 157 cm³/mol. The first-order valence-corrected chi connectivity index (χ1v) is 14.7. The molecule has 0 aliphatic rings. The lowest BCUT2D eigenvalue weighted by Crippen LogP contribution is -2.30. The second kappa shape index (κ2) is 11.9. The summed E-state index contributed by atoms with van der Waals surface area (Å²) in [4.78, 5) is 0.227. The molecule has 0 N–H and O–H groups in total. The van der Waals surface area contributed by atoms with Crippen LogP contribution in [0, 0.1) is 6.92 Å². The summed E-state index contributed by atoms with van der Waals surface area (Å²) in [5, 5.41) is 4.27. The zero-order chi connectivity index (χ0) is 28.1. The van der Waals surface area contributed by atoms with Crippen LogP contribution in [0.25, 0.3) is 22.4 Å². The first-order valence-electron chi connectivity index (χ1n) is 13.2. The lowest BCUT2D eigenvalue weighted by atomic mass is 10.00. The van der Waals surface area contributed by atoms with Crippen molar-refractivity contribution in [2.45, 2.75) is 38.3 Å². The molecular weight excluding hydrogens is 520 g/mol. The van der Waals surface area contributed by atoms with Crippen molar-refractivity contribution in [1.82, 2.24) is 9.46 Å². The van der Waals surface area contributed by atoms with Crippen molar-refractivity contribution < 1.29 is 17.7 Å². The summed E-state index contributed by atoms with van der Waals surface area (Å²) in [7, 11) is -2.21. The van der Waals surface area contributed by atoms with Gasteiger partial charge in [0.15, 0.2) is 0 Å². The number of methoxy groups -OCH3 is 1. The second-order valence-electron chi connectivity index (χ2n) is 9.64. The highest BCUT2D eigenvalue weighted by Gasteiger charge is 2.26. The molecule has 204 valence electrons. The van der Waals surface area contributed by atoms with E-state index in [1.807, 2.05) is 97.9 Å². The van der Waals surface area contributed by atoms with E-state index in [-0.39, 0.29) is 18.0 Å². The first kappa shape index (κ1) is 27.4. The molecule has 0 amide bonds. The third-order valence-corrected chi connectivity index (χ3v) is 8.80. The molecule has 40 heavy (non-hydrogen) atoms. The topological polar surface area (TPSA) is 72.6 Å². The number of aryl methyl sites for hydroxylation is 2. The minimum Gasteiger partial charge on any atom is -0.497 e. The maximum absolute atomic E-state index is 14.0. The molecule has 7 heteroatoms. The van der Waals surface area contributed by atoms with E-state index < -0.39 is 10.0 Å². The molecule has 0 radical (unpaired) electrons. The van der Waals surface area contributed by atoms with Crippen LogP contribution >= 0.6 is 0 Å². The molecule has 4 aromatic carbocycles. The van der Waals surface area contributed by atoms with Gasteiger partial charge in [0.1, 0.15) is 17.2 Å². The largest absolute Gasteiger partial charge is 0.497 e. The quantitative estimate of drug-likeness (QED) is 0.182. The number of ether oxygens (including phenoxy) is 1. The molecule has 0 unspecified atom stereocenters. The number of sulfonamides is 1. The maximum atomic E-state index is 14.0. The zero-order valence-corrected chi connectivity index (χ0v) is 23.7. The van der Waals surface area contributed by atoms with Gasteiger partial charge in [-0.3, -0.25) is 0 Å². The molecule has 1 aromatic heterocycles. The predicted octanol–water partition coefficient (Wildman–Crippen LogP) is 7.28. The number of hydrogen-bond acceptors (Lipinski definition) is 5. The Hall–Kier alpha value is -4.20. The highest BCUT2D eigenvalue weighted by molar-refractivity contribution is 7.89. The Morgan fingerprint density at radius 2 is 1.32 bits per heavy atom. The van der Waals surface area contributed by atoms with Crippen molar-refractivity contribution in [3.05, 3.63) is 126 Å². The normalized spacial score (nSPS) is 11.6. The van der Waals surface area contributed by atoms with Gasteiger partial charge in [0.2, 0.25) is 10.0 Å². The van der Waals surface area contributed by atoms with Crippen LogP contribution in [0.2, 0.25) is 0 Å². The van der Waals surface area contributed by atoms with Crippen molar-refractivity contribution in [3.8, 4) is 28.1 Å². The molecule has 0 saturated heterocycles. The number of rotatable bonds is 10. The van der Waals surface area contributed by atoms with Gasteiger partial charge in [-0.05, 0) is 59.9 Å². The van der Waals surface area contributed by atoms with E-state index in [1.54, 1.807) is 19.2 Å². The van der Waals surface area contributed by atoms with Gasteiger partial charge in [-0.25, -0.2) is 8.42 Å². The van der Waals surface area contributed by atoms with Crippen LogP contribution in [0.4, 0.5) is 0 Å². The maximum Gasteiger partial charge on any atom is 0.243 e. The van der Waals surface area contributed by atoms with Crippen LogP contribution in [0.1, 0.15) is 29.4 Å². The molecule has 1 heterocycles. The Bertz CT molecular complexity index is 1610. The number of aromatic nitrogens is 1. The van der Waals surface area contributed by atoms with Crippen molar-refractivity contribution in [2.75, 3.05) is 7.11 Å². The number of benzene rings is 4. The molecular formula is C33H32N2O4S. The molecule has 0 spiro atoms. The fraction of sp³-hybridized carbons (Fsp3) is 0.182. The molecule has 0 saturated carbocycles. The van der Waals surface area contributed by atoms with Crippen LogP contribution in [0.3, 0.4) is 0 Å². The third-order valence-electron chi connectivity index (χ3n) is 7.00. The minimum absolute atomic E-state index is 0.227. The standard InChI is InChI=1S/C33H32N2O4S/c1-4-25-10-12-26(13-11-25)22-35(23-27-14-18-30(38-3)19-15-27)40(36,37)31-20-16-28(17-21-31)32-24(2)39-34-33(32)29-8-6-5-7-9-29/h5-21H,4,22-23H2,1-3H3. The summed E-state index contributed by atoms with van der Waals surface area (Å²) in [5.41, 5.74) is 6.37. The van der Waals surface area contributed by atoms with Gasteiger partial charge < -0.3 is 9.26 Å². The van der Waals surface area contributed by atoms with E-state index in [0.717, 1.165) is 45.7 Å². The Labute approximate surface area is 235 Å². The van der Waals surface area contributed by atoms with Crippen LogP contribution in [0.5, 0.6) is 5.75 Å². The average Bonchev–Trinajstić information content (AvgIpc) is 3.39. The van der Waals surface area contributed by atoms with Gasteiger partial charge >= 0.3 is 0 Å². The average molecular weight is 553 g/mol. The Kier molecular flexibility index (Phi) is 8.14. The first-order chi connectivity index (χ1) is 19.4. The molecule has 5 aromatic rings. The number of hydrogen-bond donors (Lipinski definition) is 0. The van der Waals surface area contributed by atoms with Crippen LogP contribution < -0.4 is 4.74 Å². The van der Waals surface area contributed by atoms with Gasteiger partial charge in [-0.1, -0.05) is 90.9 Å². The summed E-state index contributed by atoms with van der Waals surface area (Å²) in [6.45, 7) is 4.44. The van der Waals surface area contributed by atoms with Crippen LogP contribution in [0.15, 0.2) is 113 Å². The molecule has 0 aliphatic heterocycles. The smallest absolute Gasteiger partial charge is 0.243 e. The van der Waals surface area contributed by atoms with Crippen molar-refractivity contribution in [1.29, 1.82) is 0 Å². The molecule has 5 rings (SSSR count). The van der Waals surface area contributed by atoms with E-state index in [0.29, 0.717) is 5.76 Å². The van der Waals surface area contributed by atoms with Gasteiger partial charge in [0.05, 0.1) is 17.6 Å². The van der Waals surface area contributed by atoms with E-state index in [1.165, 1.54) is 9.87 Å². The van der Waals surface area contributed by atoms with Crippen molar-refractivity contribution in [3.63, 3.8) is 0 Å². The molecule has 0 bridgehead atoms. The lowest BCUT2D eigenvalue weighted by Gasteiger charge is -2.23. The molecule has 0 fully saturated rings. The summed E-state index contributed by atoms with van der Waals surface area (Å²) in [5.74, 6) is 1.40. The third kappa shape index (κ3) is 5.86. The monoisotopic (exact) mass is 552 g/mol. The Balaban J connectivity index is 1.47. The highest BCUT2D eigenvalue weighted by Crippen LogP contribution is 2.35. The van der Waals surface area contributed by atoms with E-state index in [9.17, 15) is 8.42 Å². The Morgan fingerprint density at radius 1 is 0.750 bits per heavy atom. The summed E-state index contributed by atoms with van der Waals surface area (Å²) < 4.78 is 40.3. The van der Waals surface area contributed by atoms with Crippen molar-refractivity contribution in [2.24, 2.45) is 0 Å². The van der Waals surface area contributed by atoms with E-state index in [2.05, 4.69) is 12.1 Å². The van der Waals surface area contributed by atoms with Gasteiger partial charge in [-0.15, -0.1) is 0 Å². The Morgan fingerprint density at radius 3 is 1.90 bits per heavy atom. The number of nitrogens with zero attached hydrogens (tertiary/aromatic N) is 2. The van der Waals surface area contributed by atoms with E-state index in [4.69, 9.17) is 9.26 Å². The van der Waals surface area contributed by atoms with Gasteiger partial charge in [0, 0.05) is 18.7 Å². The fourth-order valence-corrected chi connectivity index (χ4v) is 6.11. The van der Waals surface area contributed by atoms with Gasteiger partial charge in [0.25, 0.3) is 0 Å². The SMILES string of the molecule is CCc1ccc(CN(Cc2ccc(OC)cc2)S(=O)(=O)c2ccc(-c3c(-c4ccccc4)noc3C)cc2)cc1. The van der Waals surface area contributed by atoms with Gasteiger partial charge in [-0.2, -0.15) is 4.31 Å². The van der Waals surface area contributed by atoms with Crippen LogP contribution in [-0.2, 0) is 29.5 Å².